The molecular weight excluding hydrogens is 281 g/mol. The maximum atomic E-state index is 12.3. The quantitative estimate of drug-likeness (QED) is 0.663. The first kappa shape index (κ1) is 14.4. The number of amides is 1. The highest BCUT2D eigenvalue weighted by atomic mass is 35.5. The highest BCUT2D eigenvalue weighted by Crippen LogP contribution is 2.33. The van der Waals surface area contributed by atoms with Crippen LogP contribution in [-0.2, 0) is 4.79 Å². The molecule has 0 unspecified atom stereocenters. The van der Waals surface area contributed by atoms with Crippen molar-refractivity contribution in [2.24, 2.45) is 11.8 Å². The molecule has 0 spiro atoms. The van der Waals surface area contributed by atoms with Crippen molar-refractivity contribution in [3.8, 4) is 0 Å². The van der Waals surface area contributed by atoms with E-state index in [2.05, 4.69) is 5.32 Å². The lowest BCUT2D eigenvalue weighted by molar-refractivity contribution is -0.126. The number of halogens is 2. The van der Waals surface area contributed by atoms with E-state index in [1.54, 1.807) is 0 Å². The van der Waals surface area contributed by atoms with E-state index in [9.17, 15) is 4.79 Å². The minimum atomic E-state index is -0.540. The number of allylic oxidation sites excluding steroid dienone is 2. The molecule has 2 nitrogen and oxygen atoms in total. The van der Waals surface area contributed by atoms with Gasteiger partial charge in [0.15, 0.2) is 0 Å². The van der Waals surface area contributed by atoms with Gasteiger partial charge >= 0.3 is 0 Å². The van der Waals surface area contributed by atoms with Gasteiger partial charge in [-0.15, -0.1) is 23.2 Å². The van der Waals surface area contributed by atoms with E-state index in [1.165, 1.54) is 0 Å². The van der Waals surface area contributed by atoms with Crippen LogP contribution in [0.2, 0.25) is 0 Å². The molecule has 0 heterocycles. The highest BCUT2D eigenvalue weighted by molar-refractivity contribution is 6.44. The van der Waals surface area contributed by atoms with Crippen LogP contribution in [0.3, 0.4) is 0 Å². The van der Waals surface area contributed by atoms with Crippen LogP contribution in [0.1, 0.15) is 24.9 Å². The third-order valence-electron chi connectivity index (χ3n) is 3.50. The second-order valence-electron chi connectivity index (χ2n) is 4.82. The zero-order chi connectivity index (χ0) is 13.8. The third kappa shape index (κ3) is 3.52. The molecule has 1 aliphatic rings. The smallest absolute Gasteiger partial charge is 0.224 e. The standard InChI is InChI=1S/C15H17Cl2NO/c1-10(11-6-3-2-4-7-11)18-15(19)13-9-5-8-12(13)14(16)17/h2-8,10,12-14H,9H2,1H3,(H,18,19)/t10-,12-,13+/m0/s1. The first-order chi connectivity index (χ1) is 9.09. The molecule has 0 aromatic heterocycles. The molecule has 0 fully saturated rings. The Bertz CT molecular complexity index is 458. The number of alkyl halides is 2. The number of carbonyl (C=O) groups excluding carboxylic acids is 1. The van der Waals surface area contributed by atoms with E-state index < -0.39 is 4.84 Å². The minimum Gasteiger partial charge on any atom is -0.349 e. The summed E-state index contributed by atoms with van der Waals surface area (Å²) in [6.07, 6.45) is 4.61. The Morgan fingerprint density at radius 1 is 1.32 bits per heavy atom. The molecule has 1 aromatic carbocycles. The lowest BCUT2D eigenvalue weighted by atomic mass is 9.95. The predicted molar refractivity (Wildman–Crippen MR) is 79.2 cm³/mol. The monoisotopic (exact) mass is 297 g/mol. The first-order valence-electron chi connectivity index (χ1n) is 6.39. The van der Waals surface area contributed by atoms with Crippen molar-refractivity contribution in [1.29, 1.82) is 0 Å². The fourth-order valence-corrected chi connectivity index (χ4v) is 2.88. The summed E-state index contributed by atoms with van der Waals surface area (Å²) in [5.41, 5.74) is 1.09. The largest absolute Gasteiger partial charge is 0.349 e. The zero-order valence-corrected chi connectivity index (χ0v) is 12.2. The van der Waals surface area contributed by atoms with Crippen LogP contribution in [-0.4, -0.2) is 10.7 Å². The molecule has 1 amide bonds. The van der Waals surface area contributed by atoms with E-state index in [0.717, 1.165) is 5.56 Å². The molecule has 102 valence electrons. The molecule has 3 atom stereocenters. The van der Waals surface area contributed by atoms with E-state index in [4.69, 9.17) is 23.2 Å². The van der Waals surface area contributed by atoms with Gasteiger partial charge in [0.25, 0.3) is 0 Å². The van der Waals surface area contributed by atoms with Crippen molar-refractivity contribution < 1.29 is 4.79 Å². The molecule has 1 aromatic rings. The normalized spacial score (nSPS) is 23.6. The lowest BCUT2D eigenvalue weighted by Gasteiger charge is -2.22. The fourth-order valence-electron chi connectivity index (χ4n) is 2.36. The summed E-state index contributed by atoms with van der Waals surface area (Å²) in [6, 6.07) is 9.87. The van der Waals surface area contributed by atoms with Gasteiger partial charge in [0, 0.05) is 5.92 Å². The van der Waals surface area contributed by atoms with Crippen LogP contribution in [0.15, 0.2) is 42.5 Å². The summed E-state index contributed by atoms with van der Waals surface area (Å²) in [7, 11) is 0. The Morgan fingerprint density at radius 3 is 2.63 bits per heavy atom. The van der Waals surface area contributed by atoms with Crippen LogP contribution in [0.4, 0.5) is 0 Å². The predicted octanol–water partition coefficient (Wildman–Crippen LogP) is 3.86. The summed E-state index contributed by atoms with van der Waals surface area (Å²) in [5.74, 6) is -0.241. The minimum absolute atomic E-state index is 0.0117. The summed E-state index contributed by atoms with van der Waals surface area (Å²) in [4.78, 5) is 11.7. The molecule has 1 aliphatic carbocycles. The average Bonchev–Trinajstić information content (AvgIpc) is 2.89. The Balaban J connectivity index is 1.98. The Morgan fingerprint density at radius 2 is 2.00 bits per heavy atom. The van der Waals surface area contributed by atoms with Crippen molar-refractivity contribution in [3.63, 3.8) is 0 Å². The zero-order valence-electron chi connectivity index (χ0n) is 10.7. The van der Waals surface area contributed by atoms with E-state index in [0.29, 0.717) is 6.42 Å². The molecule has 19 heavy (non-hydrogen) atoms. The lowest BCUT2D eigenvalue weighted by Crippen LogP contribution is -2.36. The maximum absolute atomic E-state index is 12.3. The van der Waals surface area contributed by atoms with Gasteiger partial charge in [-0.2, -0.15) is 0 Å². The molecule has 0 saturated carbocycles. The van der Waals surface area contributed by atoms with Crippen LogP contribution < -0.4 is 5.32 Å². The van der Waals surface area contributed by atoms with Gasteiger partial charge in [0.1, 0.15) is 4.84 Å². The molecule has 0 radical (unpaired) electrons. The average molecular weight is 298 g/mol. The van der Waals surface area contributed by atoms with Gasteiger partial charge in [0.2, 0.25) is 5.91 Å². The Labute approximate surface area is 123 Å². The molecule has 4 heteroatoms. The summed E-state index contributed by atoms with van der Waals surface area (Å²) >= 11 is 11.8. The van der Waals surface area contributed by atoms with Gasteiger partial charge in [-0.3, -0.25) is 4.79 Å². The van der Waals surface area contributed by atoms with Crippen molar-refractivity contribution in [3.05, 3.63) is 48.0 Å². The van der Waals surface area contributed by atoms with E-state index >= 15 is 0 Å². The van der Waals surface area contributed by atoms with Gasteiger partial charge < -0.3 is 5.32 Å². The van der Waals surface area contributed by atoms with Gasteiger partial charge in [-0.1, -0.05) is 42.5 Å². The van der Waals surface area contributed by atoms with Crippen molar-refractivity contribution in [2.75, 3.05) is 0 Å². The maximum Gasteiger partial charge on any atom is 0.224 e. The number of rotatable bonds is 4. The summed E-state index contributed by atoms with van der Waals surface area (Å²) in [6.45, 7) is 1.98. The Kier molecular flexibility index (Phi) is 4.89. The second kappa shape index (κ2) is 6.44. The molecule has 0 saturated heterocycles. The molecule has 0 bridgehead atoms. The summed E-state index contributed by atoms with van der Waals surface area (Å²) in [5, 5.41) is 3.03. The van der Waals surface area contributed by atoms with Crippen molar-refractivity contribution in [2.45, 2.75) is 24.2 Å². The molecule has 0 aliphatic heterocycles. The van der Waals surface area contributed by atoms with E-state index in [1.807, 2.05) is 49.4 Å². The number of hydrogen-bond acceptors (Lipinski definition) is 1. The number of carbonyl (C=O) groups is 1. The Hall–Kier alpha value is -0.990. The SMILES string of the molecule is C[C@H](NC(=O)[C@@H]1CC=C[C@@H]1C(Cl)Cl)c1ccccc1. The van der Waals surface area contributed by atoms with Gasteiger partial charge in [-0.05, 0) is 18.9 Å². The fraction of sp³-hybridized carbons (Fsp3) is 0.400. The number of hydrogen-bond donors (Lipinski definition) is 1. The third-order valence-corrected chi connectivity index (χ3v) is 4.08. The van der Waals surface area contributed by atoms with E-state index in [-0.39, 0.29) is 23.8 Å². The second-order valence-corrected chi connectivity index (χ2v) is 5.99. The van der Waals surface area contributed by atoms with Crippen molar-refractivity contribution >= 4 is 29.1 Å². The van der Waals surface area contributed by atoms with Crippen LogP contribution in [0, 0.1) is 11.8 Å². The molecular formula is C15H17Cl2NO. The van der Waals surface area contributed by atoms with Crippen LogP contribution in [0.5, 0.6) is 0 Å². The van der Waals surface area contributed by atoms with Gasteiger partial charge in [0.05, 0.1) is 12.0 Å². The first-order valence-corrected chi connectivity index (χ1v) is 7.27. The highest BCUT2D eigenvalue weighted by Gasteiger charge is 2.33. The molecule has 1 N–H and O–H groups in total. The molecule has 2 rings (SSSR count). The number of nitrogens with one attached hydrogen (secondary N) is 1. The summed E-state index contributed by atoms with van der Waals surface area (Å²) < 4.78 is 0. The van der Waals surface area contributed by atoms with Crippen LogP contribution >= 0.6 is 23.2 Å². The number of benzene rings is 1. The van der Waals surface area contributed by atoms with Crippen LogP contribution in [0.25, 0.3) is 0 Å². The van der Waals surface area contributed by atoms with Gasteiger partial charge in [-0.25, -0.2) is 0 Å². The van der Waals surface area contributed by atoms with Crippen molar-refractivity contribution in [1.82, 2.24) is 5.32 Å². The topological polar surface area (TPSA) is 29.1 Å².